The van der Waals surface area contributed by atoms with Crippen molar-refractivity contribution < 1.29 is 24.2 Å². The van der Waals surface area contributed by atoms with Crippen molar-refractivity contribution in [2.75, 3.05) is 19.8 Å². The highest BCUT2D eigenvalue weighted by molar-refractivity contribution is 5.87. The summed E-state index contributed by atoms with van der Waals surface area (Å²) in [6, 6.07) is -1.99. The van der Waals surface area contributed by atoms with Crippen LogP contribution in [-0.4, -0.2) is 48.8 Å². The van der Waals surface area contributed by atoms with Crippen molar-refractivity contribution in [2.45, 2.75) is 32.2 Å². The number of carboxylic acid groups (broad SMARTS) is 1. The molecular weight excluding hydrogens is 254 g/mol. The zero-order valence-corrected chi connectivity index (χ0v) is 11.0. The number of ether oxygens (including phenoxy) is 1. The van der Waals surface area contributed by atoms with Crippen LogP contribution in [-0.2, 0) is 14.3 Å². The minimum absolute atomic E-state index is 0.262. The number of urea groups is 1. The Bertz CT molecular complexity index is 309. The zero-order valence-electron chi connectivity index (χ0n) is 11.0. The third kappa shape index (κ3) is 9.83. The van der Waals surface area contributed by atoms with Gasteiger partial charge in [-0.2, -0.15) is 0 Å². The van der Waals surface area contributed by atoms with Gasteiger partial charge in [0.05, 0.1) is 13.0 Å². The first-order chi connectivity index (χ1) is 8.97. The van der Waals surface area contributed by atoms with Crippen LogP contribution in [0, 0.1) is 0 Å². The lowest BCUT2D eigenvalue weighted by molar-refractivity contribution is -0.140. The number of carbonyl (C=O) groups excluding carboxylic acids is 2. The lowest BCUT2D eigenvalue weighted by Crippen LogP contribution is -2.48. The van der Waals surface area contributed by atoms with Gasteiger partial charge < -0.3 is 26.2 Å². The molecule has 19 heavy (non-hydrogen) atoms. The van der Waals surface area contributed by atoms with Crippen LogP contribution in [0.4, 0.5) is 4.79 Å². The first kappa shape index (κ1) is 17.2. The Kier molecular flexibility index (Phi) is 9.15. The second kappa shape index (κ2) is 10.1. The van der Waals surface area contributed by atoms with Gasteiger partial charge in [0, 0.05) is 13.2 Å². The number of rotatable bonds is 10. The van der Waals surface area contributed by atoms with Crippen LogP contribution in [0.1, 0.15) is 26.2 Å². The van der Waals surface area contributed by atoms with Crippen LogP contribution in [0.5, 0.6) is 0 Å². The van der Waals surface area contributed by atoms with Crippen LogP contribution in [0.25, 0.3) is 0 Å². The molecule has 0 heterocycles. The number of amides is 3. The SMILES string of the molecule is CCCCOCCNC(=O)N[C@H](CC(N)=O)C(=O)O. The predicted octanol–water partition coefficient (Wildman–Crippen LogP) is -0.569. The highest BCUT2D eigenvalue weighted by atomic mass is 16.5. The average Bonchev–Trinajstić information content (AvgIpc) is 2.32. The highest BCUT2D eigenvalue weighted by Gasteiger charge is 2.21. The van der Waals surface area contributed by atoms with E-state index in [1.807, 2.05) is 6.92 Å². The summed E-state index contributed by atoms with van der Waals surface area (Å²) in [4.78, 5) is 32.7. The zero-order chi connectivity index (χ0) is 14.7. The second-order valence-electron chi connectivity index (χ2n) is 3.93. The number of carbonyl (C=O) groups is 3. The van der Waals surface area contributed by atoms with E-state index in [9.17, 15) is 14.4 Å². The third-order valence-electron chi connectivity index (χ3n) is 2.18. The van der Waals surface area contributed by atoms with Gasteiger partial charge in [-0.25, -0.2) is 9.59 Å². The summed E-state index contributed by atoms with van der Waals surface area (Å²) in [5.74, 6) is -2.11. The van der Waals surface area contributed by atoms with Gasteiger partial charge in [0.25, 0.3) is 0 Å². The molecular formula is C11H21N3O5. The molecule has 0 saturated heterocycles. The number of nitrogens with one attached hydrogen (secondary N) is 2. The molecule has 0 spiro atoms. The van der Waals surface area contributed by atoms with Crippen LogP contribution in [0.2, 0.25) is 0 Å². The first-order valence-corrected chi connectivity index (χ1v) is 6.10. The summed E-state index contributed by atoms with van der Waals surface area (Å²) in [5.41, 5.74) is 4.88. The van der Waals surface area contributed by atoms with Gasteiger partial charge in [-0.05, 0) is 6.42 Å². The van der Waals surface area contributed by atoms with Gasteiger partial charge in [0.2, 0.25) is 5.91 Å². The van der Waals surface area contributed by atoms with E-state index >= 15 is 0 Å². The predicted molar refractivity (Wildman–Crippen MR) is 67.5 cm³/mol. The van der Waals surface area contributed by atoms with Gasteiger partial charge in [0.1, 0.15) is 6.04 Å². The Morgan fingerprint density at radius 3 is 2.53 bits per heavy atom. The monoisotopic (exact) mass is 275 g/mol. The topological polar surface area (TPSA) is 131 Å². The Labute approximate surface area is 111 Å². The first-order valence-electron chi connectivity index (χ1n) is 6.10. The molecule has 0 saturated carbocycles. The van der Waals surface area contributed by atoms with Gasteiger partial charge in [-0.1, -0.05) is 13.3 Å². The van der Waals surface area contributed by atoms with E-state index in [4.69, 9.17) is 15.6 Å². The largest absolute Gasteiger partial charge is 0.480 e. The molecule has 0 bridgehead atoms. The van der Waals surface area contributed by atoms with E-state index in [0.29, 0.717) is 13.2 Å². The summed E-state index contributed by atoms with van der Waals surface area (Å²) < 4.78 is 5.21. The smallest absolute Gasteiger partial charge is 0.326 e. The molecule has 0 radical (unpaired) electrons. The van der Waals surface area contributed by atoms with E-state index in [-0.39, 0.29) is 6.54 Å². The molecule has 0 aliphatic carbocycles. The van der Waals surface area contributed by atoms with E-state index in [1.54, 1.807) is 0 Å². The maximum absolute atomic E-state index is 11.3. The van der Waals surface area contributed by atoms with E-state index in [1.165, 1.54) is 0 Å². The molecule has 0 aromatic carbocycles. The number of nitrogens with two attached hydrogens (primary N) is 1. The van der Waals surface area contributed by atoms with Crippen molar-refractivity contribution in [1.82, 2.24) is 10.6 Å². The number of carboxylic acids is 1. The number of hydrogen-bond donors (Lipinski definition) is 4. The molecule has 8 nitrogen and oxygen atoms in total. The molecule has 1 atom stereocenters. The fourth-order valence-corrected chi connectivity index (χ4v) is 1.20. The van der Waals surface area contributed by atoms with E-state index < -0.39 is 30.4 Å². The second-order valence-corrected chi connectivity index (χ2v) is 3.93. The van der Waals surface area contributed by atoms with E-state index in [2.05, 4.69) is 10.6 Å². The molecule has 0 rings (SSSR count). The quantitative estimate of drug-likeness (QED) is 0.397. The molecule has 0 unspecified atom stereocenters. The fourth-order valence-electron chi connectivity index (χ4n) is 1.20. The number of unbranched alkanes of at least 4 members (excludes halogenated alkanes) is 1. The molecule has 0 aromatic rings. The summed E-state index contributed by atoms with van der Waals surface area (Å²) >= 11 is 0. The van der Waals surface area contributed by atoms with Crippen molar-refractivity contribution in [2.24, 2.45) is 5.73 Å². The maximum atomic E-state index is 11.3. The van der Waals surface area contributed by atoms with Gasteiger partial charge in [-0.3, -0.25) is 4.79 Å². The van der Waals surface area contributed by atoms with Crippen LogP contribution >= 0.6 is 0 Å². The Morgan fingerprint density at radius 1 is 1.32 bits per heavy atom. The number of aliphatic carboxylic acids is 1. The molecule has 3 amide bonds. The normalized spacial score (nSPS) is 11.6. The van der Waals surface area contributed by atoms with E-state index in [0.717, 1.165) is 12.8 Å². The summed E-state index contributed by atoms with van der Waals surface area (Å²) in [6.45, 7) is 3.28. The standard InChI is InChI=1S/C11H21N3O5/c1-2-3-5-19-6-4-13-11(18)14-8(10(16)17)7-9(12)15/h8H,2-7H2,1H3,(H2,12,15)(H,16,17)(H2,13,14,18)/t8-/m1/s1. The number of primary amides is 1. The molecule has 0 aliphatic heterocycles. The molecule has 0 fully saturated rings. The van der Waals surface area contributed by atoms with Gasteiger partial charge in [-0.15, -0.1) is 0 Å². The Morgan fingerprint density at radius 2 is 2.00 bits per heavy atom. The Hall–Kier alpha value is -1.83. The molecule has 0 aromatic heterocycles. The lowest BCUT2D eigenvalue weighted by Gasteiger charge is -2.13. The maximum Gasteiger partial charge on any atom is 0.326 e. The van der Waals surface area contributed by atoms with Crippen molar-refractivity contribution >= 4 is 17.9 Å². The van der Waals surface area contributed by atoms with Crippen molar-refractivity contribution in [3.05, 3.63) is 0 Å². The summed E-state index contributed by atoms with van der Waals surface area (Å²) in [7, 11) is 0. The van der Waals surface area contributed by atoms with Gasteiger partial charge in [0.15, 0.2) is 0 Å². The van der Waals surface area contributed by atoms with Crippen molar-refractivity contribution in [3.8, 4) is 0 Å². The van der Waals surface area contributed by atoms with Crippen molar-refractivity contribution in [3.63, 3.8) is 0 Å². The minimum atomic E-state index is -1.32. The fraction of sp³-hybridized carbons (Fsp3) is 0.727. The van der Waals surface area contributed by atoms with Crippen molar-refractivity contribution in [1.29, 1.82) is 0 Å². The Balaban J connectivity index is 3.81. The molecule has 8 heteroatoms. The molecule has 110 valence electrons. The van der Waals surface area contributed by atoms with Crippen LogP contribution < -0.4 is 16.4 Å². The minimum Gasteiger partial charge on any atom is -0.480 e. The van der Waals surface area contributed by atoms with Gasteiger partial charge >= 0.3 is 12.0 Å². The molecule has 5 N–H and O–H groups in total. The average molecular weight is 275 g/mol. The summed E-state index contributed by atoms with van der Waals surface area (Å²) in [5, 5.41) is 13.3. The van der Waals surface area contributed by atoms with Crippen LogP contribution in [0.15, 0.2) is 0 Å². The third-order valence-corrected chi connectivity index (χ3v) is 2.18. The summed E-state index contributed by atoms with van der Waals surface area (Å²) in [6.07, 6.45) is 1.53. The van der Waals surface area contributed by atoms with Crippen LogP contribution in [0.3, 0.4) is 0 Å². The molecule has 0 aliphatic rings. The highest BCUT2D eigenvalue weighted by Crippen LogP contribution is 1.91. The lowest BCUT2D eigenvalue weighted by atomic mass is 10.2. The number of hydrogen-bond acceptors (Lipinski definition) is 4.